The standard InChI is InChI=1S/C9H14O2/c1-6-3-4-9(2)5-7(6)11-8(9)10/h6-7H,3-5H2,1-2H3/t6-,7?,9?/m1/s1. The Hall–Kier alpha value is -0.530. The van der Waals surface area contributed by atoms with Gasteiger partial charge in [-0.1, -0.05) is 6.92 Å². The Kier molecular flexibility index (Phi) is 1.29. The highest BCUT2D eigenvalue weighted by molar-refractivity contribution is 5.79. The molecule has 3 atom stereocenters. The lowest BCUT2D eigenvalue weighted by Gasteiger charge is -2.27. The van der Waals surface area contributed by atoms with Crippen LogP contribution >= 0.6 is 0 Å². The number of carbonyl (C=O) groups excluding carboxylic acids is 1. The van der Waals surface area contributed by atoms with Crippen LogP contribution in [0.15, 0.2) is 0 Å². The van der Waals surface area contributed by atoms with Crippen LogP contribution in [0.1, 0.15) is 33.1 Å². The van der Waals surface area contributed by atoms with E-state index >= 15 is 0 Å². The van der Waals surface area contributed by atoms with E-state index in [-0.39, 0.29) is 17.5 Å². The van der Waals surface area contributed by atoms with Gasteiger partial charge in [-0.25, -0.2) is 0 Å². The molecule has 1 heterocycles. The topological polar surface area (TPSA) is 26.3 Å². The molecule has 0 radical (unpaired) electrons. The highest BCUT2D eigenvalue weighted by atomic mass is 16.6. The quantitative estimate of drug-likeness (QED) is 0.497. The summed E-state index contributed by atoms with van der Waals surface area (Å²) in [5, 5.41) is 0. The number of fused-ring (bicyclic) bond motifs is 2. The van der Waals surface area contributed by atoms with E-state index in [2.05, 4.69) is 6.92 Å². The molecule has 1 saturated heterocycles. The molecule has 0 amide bonds. The number of ether oxygens (including phenoxy) is 1. The molecule has 0 aromatic rings. The van der Waals surface area contributed by atoms with E-state index in [9.17, 15) is 4.79 Å². The first-order chi connectivity index (χ1) is 5.12. The molecule has 1 aliphatic carbocycles. The summed E-state index contributed by atoms with van der Waals surface area (Å²) in [5.41, 5.74) is -0.128. The first-order valence-electron chi connectivity index (χ1n) is 4.33. The summed E-state index contributed by atoms with van der Waals surface area (Å²) < 4.78 is 5.26. The number of esters is 1. The summed E-state index contributed by atoms with van der Waals surface area (Å²) in [6.45, 7) is 4.20. The third kappa shape index (κ3) is 0.883. The molecule has 1 aliphatic heterocycles. The highest BCUT2D eigenvalue weighted by Gasteiger charge is 2.50. The molecular weight excluding hydrogens is 140 g/mol. The molecule has 62 valence electrons. The van der Waals surface area contributed by atoms with Gasteiger partial charge in [0.1, 0.15) is 6.10 Å². The molecule has 11 heavy (non-hydrogen) atoms. The van der Waals surface area contributed by atoms with Gasteiger partial charge >= 0.3 is 5.97 Å². The van der Waals surface area contributed by atoms with E-state index in [4.69, 9.17) is 4.74 Å². The van der Waals surface area contributed by atoms with Gasteiger partial charge < -0.3 is 4.74 Å². The maximum Gasteiger partial charge on any atom is 0.312 e. The van der Waals surface area contributed by atoms with Crippen molar-refractivity contribution in [3.8, 4) is 0 Å². The Bertz CT molecular complexity index is 200. The second-order valence-electron chi connectivity index (χ2n) is 4.22. The van der Waals surface area contributed by atoms with Crippen molar-refractivity contribution in [2.24, 2.45) is 11.3 Å². The predicted molar refractivity (Wildman–Crippen MR) is 41.0 cm³/mol. The number of hydrogen-bond acceptors (Lipinski definition) is 2. The highest BCUT2D eigenvalue weighted by Crippen LogP contribution is 2.46. The number of hydrogen-bond donors (Lipinski definition) is 0. The van der Waals surface area contributed by atoms with Gasteiger partial charge in [-0.05, 0) is 25.7 Å². The summed E-state index contributed by atoms with van der Waals surface area (Å²) in [7, 11) is 0. The van der Waals surface area contributed by atoms with E-state index in [1.165, 1.54) is 0 Å². The second-order valence-corrected chi connectivity index (χ2v) is 4.22. The zero-order valence-corrected chi connectivity index (χ0v) is 7.09. The predicted octanol–water partition coefficient (Wildman–Crippen LogP) is 1.74. The fourth-order valence-electron chi connectivity index (χ4n) is 2.10. The second kappa shape index (κ2) is 1.99. The van der Waals surface area contributed by atoms with Crippen LogP contribution in [0.4, 0.5) is 0 Å². The molecule has 2 nitrogen and oxygen atoms in total. The Morgan fingerprint density at radius 1 is 1.64 bits per heavy atom. The Labute approximate surface area is 66.9 Å². The van der Waals surface area contributed by atoms with Gasteiger partial charge in [0.05, 0.1) is 5.41 Å². The van der Waals surface area contributed by atoms with Crippen molar-refractivity contribution >= 4 is 5.97 Å². The summed E-state index contributed by atoms with van der Waals surface area (Å²) >= 11 is 0. The molecule has 2 unspecified atom stereocenters. The van der Waals surface area contributed by atoms with Crippen LogP contribution in [0, 0.1) is 11.3 Å². The fourth-order valence-corrected chi connectivity index (χ4v) is 2.10. The summed E-state index contributed by atoms with van der Waals surface area (Å²) in [6.07, 6.45) is 3.34. The van der Waals surface area contributed by atoms with Gasteiger partial charge in [0, 0.05) is 6.42 Å². The van der Waals surface area contributed by atoms with Crippen LogP contribution in [0.25, 0.3) is 0 Å². The van der Waals surface area contributed by atoms with E-state index < -0.39 is 0 Å². The van der Waals surface area contributed by atoms with Gasteiger partial charge in [0.25, 0.3) is 0 Å². The van der Waals surface area contributed by atoms with Crippen molar-refractivity contribution in [3.63, 3.8) is 0 Å². The van der Waals surface area contributed by atoms with Crippen molar-refractivity contribution in [1.82, 2.24) is 0 Å². The molecule has 2 rings (SSSR count). The lowest BCUT2D eigenvalue weighted by molar-refractivity contribution is -0.147. The van der Waals surface area contributed by atoms with E-state index in [1.807, 2.05) is 6.92 Å². The van der Waals surface area contributed by atoms with Crippen LogP contribution in [0.3, 0.4) is 0 Å². The van der Waals surface area contributed by atoms with Crippen LogP contribution in [0.5, 0.6) is 0 Å². The zero-order valence-electron chi connectivity index (χ0n) is 7.09. The molecule has 0 N–H and O–H groups in total. The zero-order chi connectivity index (χ0) is 8.06. The first kappa shape index (κ1) is 7.14. The maximum absolute atomic E-state index is 11.3. The first-order valence-corrected chi connectivity index (χ1v) is 4.33. The number of carbonyl (C=O) groups is 1. The van der Waals surface area contributed by atoms with Gasteiger partial charge in [0.2, 0.25) is 0 Å². The van der Waals surface area contributed by atoms with Gasteiger partial charge in [0.15, 0.2) is 0 Å². The van der Waals surface area contributed by atoms with Crippen LogP contribution in [-0.2, 0) is 9.53 Å². The van der Waals surface area contributed by atoms with Gasteiger partial charge in [-0.2, -0.15) is 0 Å². The van der Waals surface area contributed by atoms with Crippen molar-refractivity contribution in [2.75, 3.05) is 0 Å². The minimum absolute atomic E-state index is 0.0341. The molecule has 2 fully saturated rings. The third-order valence-electron chi connectivity index (χ3n) is 3.19. The molecular formula is C9H14O2. The van der Waals surface area contributed by atoms with E-state index in [1.54, 1.807) is 0 Å². The Morgan fingerprint density at radius 3 is 3.00 bits per heavy atom. The largest absolute Gasteiger partial charge is 0.462 e. The van der Waals surface area contributed by atoms with Crippen LogP contribution < -0.4 is 0 Å². The Morgan fingerprint density at radius 2 is 2.36 bits per heavy atom. The van der Waals surface area contributed by atoms with Crippen LogP contribution in [0.2, 0.25) is 0 Å². The average molecular weight is 154 g/mol. The molecule has 2 heteroatoms. The minimum atomic E-state index is -0.128. The van der Waals surface area contributed by atoms with E-state index in [0.29, 0.717) is 5.92 Å². The van der Waals surface area contributed by atoms with Crippen molar-refractivity contribution in [1.29, 1.82) is 0 Å². The van der Waals surface area contributed by atoms with Crippen molar-refractivity contribution in [2.45, 2.75) is 39.2 Å². The van der Waals surface area contributed by atoms with E-state index in [0.717, 1.165) is 19.3 Å². The molecule has 0 aromatic carbocycles. The maximum atomic E-state index is 11.3. The lowest BCUT2D eigenvalue weighted by atomic mass is 9.73. The van der Waals surface area contributed by atoms with Crippen molar-refractivity contribution in [3.05, 3.63) is 0 Å². The molecule has 0 spiro atoms. The third-order valence-corrected chi connectivity index (χ3v) is 3.19. The summed E-state index contributed by atoms with van der Waals surface area (Å²) in [6, 6.07) is 0. The van der Waals surface area contributed by atoms with Gasteiger partial charge in [-0.3, -0.25) is 4.79 Å². The normalized spacial score (nSPS) is 49.1. The number of rotatable bonds is 0. The van der Waals surface area contributed by atoms with Crippen molar-refractivity contribution < 1.29 is 9.53 Å². The summed E-state index contributed by atoms with van der Waals surface area (Å²) in [5.74, 6) is 0.612. The fraction of sp³-hybridized carbons (Fsp3) is 0.889. The Balaban J connectivity index is 2.24. The molecule has 1 saturated carbocycles. The molecule has 2 aliphatic rings. The molecule has 0 aromatic heterocycles. The molecule has 2 bridgehead atoms. The van der Waals surface area contributed by atoms with Crippen LogP contribution in [-0.4, -0.2) is 12.1 Å². The average Bonchev–Trinajstić information content (AvgIpc) is 2.20. The summed E-state index contributed by atoms with van der Waals surface area (Å²) in [4.78, 5) is 11.3. The minimum Gasteiger partial charge on any atom is -0.462 e. The smallest absolute Gasteiger partial charge is 0.312 e. The van der Waals surface area contributed by atoms with Gasteiger partial charge in [-0.15, -0.1) is 0 Å². The lowest BCUT2D eigenvalue weighted by Crippen LogP contribution is -2.27. The monoisotopic (exact) mass is 154 g/mol. The SMILES string of the molecule is C[C@@H]1CCC2(C)CC1OC2=O.